The van der Waals surface area contributed by atoms with Gasteiger partial charge in [-0.05, 0) is 23.8 Å². The Morgan fingerprint density at radius 2 is 1.83 bits per heavy atom. The molecule has 112 valence electrons. The predicted octanol–water partition coefficient (Wildman–Crippen LogP) is 5.24. The van der Waals surface area contributed by atoms with Gasteiger partial charge in [-0.25, -0.2) is 14.4 Å². The minimum absolute atomic E-state index is 0.283. The number of fused-ring (bicyclic) bond motifs is 1. The molecule has 0 atom stereocenters. The zero-order valence-corrected chi connectivity index (χ0v) is 12.8. The van der Waals surface area contributed by atoms with Crippen LogP contribution in [0.2, 0.25) is 0 Å². The molecule has 0 aliphatic rings. The van der Waals surface area contributed by atoms with Crippen LogP contribution in [0.15, 0.2) is 66.3 Å². The average Bonchev–Trinajstić information content (AvgIpc) is 3.01. The molecule has 4 rings (SSSR count). The Morgan fingerprint density at radius 1 is 0.957 bits per heavy atom. The fraction of sp³-hybridized carbons (Fsp3) is 0. The van der Waals surface area contributed by atoms with E-state index in [4.69, 9.17) is 0 Å². The summed E-state index contributed by atoms with van der Waals surface area (Å²) < 4.78 is 13.4. The number of hydrogen-bond acceptors (Lipinski definition) is 4. The summed E-state index contributed by atoms with van der Waals surface area (Å²) in [6.07, 6.45) is 1.52. The molecule has 0 aliphatic heterocycles. The molecule has 0 bridgehead atoms. The van der Waals surface area contributed by atoms with Crippen molar-refractivity contribution in [2.45, 2.75) is 0 Å². The van der Waals surface area contributed by atoms with Gasteiger partial charge in [0.05, 0.1) is 5.39 Å². The number of aromatic nitrogens is 2. The zero-order chi connectivity index (χ0) is 15.6. The van der Waals surface area contributed by atoms with Crippen molar-refractivity contribution >= 4 is 33.1 Å². The average molecular weight is 321 g/mol. The maximum absolute atomic E-state index is 13.4. The molecular formula is C18H12FN3S. The first-order chi connectivity index (χ1) is 11.3. The van der Waals surface area contributed by atoms with Crippen molar-refractivity contribution in [3.05, 3.63) is 72.1 Å². The van der Waals surface area contributed by atoms with Gasteiger partial charge in [0.25, 0.3) is 0 Å². The minimum Gasteiger partial charge on any atom is -0.339 e. The molecule has 23 heavy (non-hydrogen) atoms. The third-order valence-corrected chi connectivity index (χ3v) is 4.43. The quantitative estimate of drug-likeness (QED) is 0.560. The smallest absolute Gasteiger partial charge is 0.143 e. The lowest BCUT2D eigenvalue weighted by Gasteiger charge is -2.08. The van der Waals surface area contributed by atoms with Crippen molar-refractivity contribution in [3.63, 3.8) is 0 Å². The molecular weight excluding hydrogens is 309 g/mol. The predicted molar refractivity (Wildman–Crippen MR) is 92.5 cm³/mol. The summed E-state index contributed by atoms with van der Waals surface area (Å²) >= 11 is 1.57. The molecule has 0 unspecified atom stereocenters. The van der Waals surface area contributed by atoms with Crippen molar-refractivity contribution in [2.24, 2.45) is 0 Å². The van der Waals surface area contributed by atoms with Gasteiger partial charge in [0.1, 0.15) is 22.8 Å². The van der Waals surface area contributed by atoms with Crippen molar-refractivity contribution < 1.29 is 4.39 Å². The Bertz CT molecular complexity index is 966. The maximum Gasteiger partial charge on any atom is 0.143 e. The van der Waals surface area contributed by atoms with Gasteiger partial charge in [-0.15, -0.1) is 11.3 Å². The number of hydrogen-bond donors (Lipinski definition) is 1. The third kappa shape index (κ3) is 2.66. The molecule has 4 aromatic rings. The van der Waals surface area contributed by atoms with Crippen LogP contribution in [0, 0.1) is 5.82 Å². The van der Waals surface area contributed by atoms with Crippen LogP contribution >= 0.6 is 11.3 Å². The Labute approximate surface area is 136 Å². The van der Waals surface area contributed by atoms with E-state index in [1.807, 2.05) is 24.3 Å². The summed E-state index contributed by atoms with van der Waals surface area (Å²) in [4.78, 5) is 9.59. The molecule has 0 spiro atoms. The van der Waals surface area contributed by atoms with Gasteiger partial charge < -0.3 is 5.32 Å². The van der Waals surface area contributed by atoms with E-state index >= 15 is 0 Å². The van der Waals surface area contributed by atoms with Crippen molar-refractivity contribution in [2.75, 3.05) is 5.32 Å². The molecule has 0 aliphatic carbocycles. The second-order valence-electron chi connectivity index (χ2n) is 5.05. The molecule has 2 aromatic heterocycles. The standard InChI is InChI=1S/C18H12FN3S/c19-13-7-4-8-14(9-13)22-17-16-15(12-5-2-1-3-6-12)10-23-18(16)21-11-20-17/h1-11H,(H,20,21,22). The largest absolute Gasteiger partial charge is 0.339 e. The van der Waals surface area contributed by atoms with Crippen LogP contribution in [-0.2, 0) is 0 Å². The highest BCUT2D eigenvalue weighted by molar-refractivity contribution is 7.17. The molecule has 0 amide bonds. The van der Waals surface area contributed by atoms with Crippen molar-refractivity contribution in [1.29, 1.82) is 0 Å². The van der Waals surface area contributed by atoms with E-state index in [1.54, 1.807) is 17.4 Å². The van der Waals surface area contributed by atoms with E-state index in [1.165, 1.54) is 18.5 Å². The topological polar surface area (TPSA) is 37.8 Å². The molecule has 5 heteroatoms. The van der Waals surface area contributed by atoms with Crippen LogP contribution in [0.3, 0.4) is 0 Å². The molecule has 0 saturated heterocycles. The summed E-state index contributed by atoms with van der Waals surface area (Å²) in [5.41, 5.74) is 2.84. The van der Waals surface area contributed by atoms with Gasteiger partial charge >= 0.3 is 0 Å². The van der Waals surface area contributed by atoms with Crippen LogP contribution in [-0.4, -0.2) is 9.97 Å². The van der Waals surface area contributed by atoms with Gasteiger partial charge in [0, 0.05) is 16.6 Å². The lowest BCUT2D eigenvalue weighted by molar-refractivity contribution is 0.628. The molecule has 3 nitrogen and oxygen atoms in total. The van der Waals surface area contributed by atoms with E-state index in [9.17, 15) is 4.39 Å². The number of anilines is 2. The van der Waals surface area contributed by atoms with Crippen LogP contribution in [0.4, 0.5) is 15.9 Å². The number of thiophene rings is 1. The first-order valence-corrected chi connectivity index (χ1v) is 7.99. The molecule has 2 aromatic carbocycles. The van der Waals surface area contributed by atoms with Crippen LogP contribution in [0.5, 0.6) is 0 Å². The fourth-order valence-electron chi connectivity index (χ4n) is 2.50. The van der Waals surface area contributed by atoms with Crippen LogP contribution < -0.4 is 5.32 Å². The number of nitrogens with zero attached hydrogens (tertiary/aromatic N) is 2. The summed E-state index contributed by atoms with van der Waals surface area (Å²) in [5.74, 6) is 0.398. The SMILES string of the molecule is Fc1cccc(Nc2ncnc3scc(-c4ccccc4)c23)c1. The highest BCUT2D eigenvalue weighted by Crippen LogP contribution is 2.37. The lowest BCUT2D eigenvalue weighted by atomic mass is 10.1. The zero-order valence-electron chi connectivity index (χ0n) is 12.0. The van der Waals surface area contributed by atoms with E-state index in [2.05, 4.69) is 32.8 Å². The van der Waals surface area contributed by atoms with E-state index in [0.29, 0.717) is 11.5 Å². The summed E-state index contributed by atoms with van der Waals surface area (Å²) in [5, 5.41) is 6.23. The highest BCUT2D eigenvalue weighted by atomic mass is 32.1. The monoisotopic (exact) mass is 321 g/mol. The van der Waals surface area contributed by atoms with E-state index in [-0.39, 0.29) is 5.82 Å². The summed E-state index contributed by atoms with van der Waals surface area (Å²) in [6, 6.07) is 16.4. The normalized spacial score (nSPS) is 10.8. The molecule has 0 fully saturated rings. The lowest BCUT2D eigenvalue weighted by Crippen LogP contribution is -1.95. The number of halogens is 1. The molecule has 1 N–H and O–H groups in total. The Kier molecular flexibility index (Phi) is 3.48. The second-order valence-corrected chi connectivity index (χ2v) is 5.91. The third-order valence-electron chi connectivity index (χ3n) is 3.54. The summed E-state index contributed by atoms with van der Waals surface area (Å²) in [7, 11) is 0. The highest BCUT2D eigenvalue weighted by Gasteiger charge is 2.13. The number of benzene rings is 2. The van der Waals surface area contributed by atoms with Gasteiger partial charge in [0.2, 0.25) is 0 Å². The van der Waals surface area contributed by atoms with E-state index in [0.717, 1.165) is 21.3 Å². The fourth-order valence-corrected chi connectivity index (χ4v) is 3.42. The van der Waals surface area contributed by atoms with Crippen LogP contribution in [0.25, 0.3) is 21.3 Å². The first-order valence-electron chi connectivity index (χ1n) is 7.11. The summed E-state index contributed by atoms with van der Waals surface area (Å²) in [6.45, 7) is 0. The molecule has 0 radical (unpaired) electrons. The van der Waals surface area contributed by atoms with Crippen LogP contribution in [0.1, 0.15) is 0 Å². The number of nitrogens with one attached hydrogen (secondary N) is 1. The Balaban J connectivity index is 1.85. The Morgan fingerprint density at radius 3 is 2.65 bits per heavy atom. The Hall–Kier alpha value is -2.79. The molecule has 0 saturated carbocycles. The maximum atomic E-state index is 13.4. The van der Waals surface area contributed by atoms with E-state index < -0.39 is 0 Å². The van der Waals surface area contributed by atoms with Gasteiger partial charge in [-0.3, -0.25) is 0 Å². The van der Waals surface area contributed by atoms with Crippen molar-refractivity contribution in [1.82, 2.24) is 9.97 Å². The second kappa shape index (κ2) is 5.78. The van der Waals surface area contributed by atoms with Gasteiger partial charge in [-0.2, -0.15) is 0 Å². The first kappa shape index (κ1) is 13.8. The number of rotatable bonds is 3. The van der Waals surface area contributed by atoms with Gasteiger partial charge in [0.15, 0.2) is 0 Å². The van der Waals surface area contributed by atoms with Crippen molar-refractivity contribution in [3.8, 4) is 11.1 Å². The molecule has 2 heterocycles. The van der Waals surface area contributed by atoms with Gasteiger partial charge in [-0.1, -0.05) is 36.4 Å². The minimum atomic E-state index is -0.283.